The predicted octanol–water partition coefficient (Wildman–Crippen LogP) is 0.288. The molecule has 126 valence electrons. The number of piperidine rings is 1. The van der Waals surface area contributed by atoms with E-state index in [1.165, 1.54) is 6.07 Å². The van der Waals surface area contributed by atoms with Crippen molar-refractivity contribution in [3.05, 3.63) is 28.8 Å². The molecular weight excluding hydrogens is 318 g/mol. The van der Waals surface area contributed by atoms with E-state index in [0.29, 0.717) is 37.1 Å². The first-order chi connectivity index (χ1) is 10.6. The molecule has 1 aromatic rings. The first-order valence-corrected chi connectivity index (χ1v) is 8.88. The van der Waals surface area contributed by atoms with Gasteiger partial charge in [-0.15, -0.1) is 0 Å². The van der Waals surface area contributed by atoms with Crippen LogP contribution >= 0.6 is 0 Å². The molecule has 7 nitrogen and oxygen atoms in total. The van der Waals surface area contributed by atoms with Crippen molar-refractivity contribution in [2.24, 2.45) is 16.8 Å². The van der Waals surface area contributed by atoms with Gasteiger partial charge in [0.2, 0.25) is 15.9 Å². The summed E-state index contributed by atoms with van der Waals surface area (Å²) in [6, 6.07) is 2.98. The van der Waals surface area contributed by atoms with Gasteiger partial charge in [0.15, 0.2) is 0 Å². The second-order valence-electron chi connectivity index (χ2n) is 5.93. The molecule has 0 unspecified atom stereocenters. The van der Waals surface area contributed by atoms with E-state index in [2.05, 4.69) is 0 Å². The Morgan fingerprint density at radius 2 is 1.74 bits per heavy atom. The van der Waals surface area contributed by atoms with Crippen molar-refractivity contribution < 1.29 is 18.0 Å². The van der Waals surface area contributed by atoms with Gasteiger partial charge in [0, 0.05) is 24.6 Å². The standard InChI is InChI=1S/C15H21N3O4S/c1-9-7-12(8-13(10(9)2)23(17,21)22)15(20)18-5-3-11(4-6-18)14(16)19/h7-8,11H,3-6H2,1-2H3,(H2,16,19)(H2,17,21,22). The van der Waals surface area contributed by atoms with Crippen LogP contribution in [0.4, 0.5) is 0 Å². The highest BCUT2D eigenvalue weighted by atomic mass is 32.2. The van der Waals surface area contributed by atoms with Crippen LogP contribution in [-0.2, 0) is 14.8 Å². The van der Waals surface area contributed by atoms with Crippen LogP contribution in [0.2, 0.25) is 0 Å². The SMILES string of the molecule is Cc1cc(C(=O)N2CCC(C(N)=O)CC2)cc(S(N)(=O)=O)c1C. The van der Waals surface area contributed by atoms with Gasteiger partial charge in [0.05, 0.1) is 4.90 Å². The van der Waals surface area contributed by atoms with Crippen molar-refractivity contribution in [1.82, 2.24) is 4.90 Å². The summed E-state index contributed by atoms with van der Waals surface area (Å²) < 4.78 is 23.4. The Balaban J connectivity index is 2.27. The normalized spacial score (nSPS) is 16.4. The van der Waals surface area contributed by atoms with Crippen LogP contribution in [0.5, 0.6) is 0 Å². The number of aryl methyl sites for hydroxylation is 1. The molecule has 4 N–H and O–H groups in total. The number of sulfonamides is 1. The molecule has 1 aliphatic rings. The molecule has 1 saturated heterocycles. The third kappa shape index (κ3) is 3.70. The van der Waals surface area contributed by atoms with E-state index in [1.54, 1.807) is 24.8 Å². The lowest BCUT2D eigenvalue weighted by Gasteiger charge is -2.30. The number of rotatable bonds is 3. The van der Waals surface area contributed by atoms with Crippen LogP contribution in [0.1, 0.15) is 34.3 Å². The molecule has 0 spiro atoms. The van der Waals surface area contributed by atoms with E-state index < -0.39 is 10.0 Å². The molecule has 2 rings (SSSR count). The molecule has 0 atom stereocenters. The van der Waals surface area contributed by atoms with E-state index >= 15 is 0 Å². The first kappa shape index (κ1) is 17.4. The van der Waals surface area contributed by atoms with E-state index in [4.69, 9.17) is 10.9 Å². The maximum atomic E-state index is 12.6. The van der Waals surface area contributed by atoms with Crippen LogP contribution in [0.15, 0.2) is 17.0 Å². The Kier molecular flexibility index (Phi) is 4.76. The van der Waals surface area contributed by atoms with Gasteiger partial charge in [-0.1, -0.05) is 0 Å². The van der Waals surface area contributed by atoms with Crippen LogP contribution < -0.4 is 10.9 Å². The van der Waals surface area contributed by atoms with Gasteiger partial charge in [-0.25, -0.2) is 13.6 Å². The third-order valence-electron chi connectivity index (χ3n) is 4.36. The van der Waals surface area contributed by atoms with Crippen LogP contribution in [0.25, 0.3) is 0 Å². The van der Waals surface area contributed by atoms with Crippen LogP contribution in [0, 0.1) is 19.8 Å². The number of benzene rings is 1. The molecule has 1 aliphatic heterocycles. The number of likely N-dealkylation sites (tertiary alicyclic amines) is 1. The van der Waals surface area contributed by atoms with Gasteiger partial charge in [-0.3, -0.25) is 9.59 Å². The maximum Gasteiger partial charge on any atom is 0.253 e. The Hall–Kier alpha value is -1.93. The summed E-state index contributed by atoms with van der Waals surface area (Å²) >= 11 is 0. The fourth-order valence-corrected chi connectivity index (χ4v) is 3.67. The minimum atomic E-state index is -3.89. The Labute approximate surface area is 135 Å². The quantitative estimate of drug-likeness (QED) is 0.821. The zero-order valence-electron chi connectivity index (χ0n) is 13.2. The number of hydrogen-bond acceptors (Lipinski definition) is 4. The number of primary sulfonamides is 1. The van der Waals surface area contributed by atoms with Crippen molar-refractivity contribution in [1.29, 1.82) is 0 Å². The lowest BCUT2D eigenvalue weighted by atomic mass is 9.95. The molecule has 0 radical (unpaired) electrons. The predicted molar refractivity (Wildman–Crippen MR) is 85.1 cm³/mol. The monoisotopic (exact) mass is 339 g/mol. The van der Waals surface area contributed by atoms with Crippen LogP contribution in [-0.4, -0.2) is 38.2 Å². The molecule has 23 heavy (non-hydrogen) atoms. The van der Waals surface area contributed by atoms with E-state index in [-0.39, 0.29) is 28.2 Å². The molecule has 2 amide bonds. The summed E-state index contributed by atoms with van der Waals surface area (Å²) in [5.41, 5.74) is 6.79. The number of carbonyl (C=O) groups is 2. The van der Waals surface area contributed by atoms with Gasteiger partial charge in [0.25, 0.3) is 5.91 Å². The van der Waals surface area contributed by atoms with Crippen molar-refractivity contribution in [3.8, 4) is 0 Å². The van der Waals surface area contributed by atoms with Crippen molar-refractivity contribution in [2.45, 2.75) is 31.6 Å². The minimum absolute atomic E-state index is 0.0344. The number of carbonyl (C=O) groups excluding carboxylic acids is 2. The average molecular weight is 339 g/mol. The summed E-state index contributed by atoms with van der Waals surface area (Å²) in [4.78, 5) is 25.3. The highest BCUT2D eigenvalue weighted by molar-refractivity contribution is 7.89. The smallest absolute Gasteiger partial charge is 0.253 e. The second-order valence-corrected chi connectivity index (χ2v) is 7.46. The molecule has 1 heterocycles. The van der Waals surface area contributed by atoms with Gasteiger partial charge in [-0.2, -0.15) is 0 Å². The van der Waals surface area contributed by atoms with Gasteiger partial charge in [0.1, 0.15) is 0 Å². The van der Waals surface area contributed by atoms with Crippen LogP contribution in [0.3, 0.4) is 0 Å². The molecular formula is C15H21N3O4S. The zero-order chi connectivity index (χ0) is 17.4. The fourth-order valence-electron chi connectivity index (χ4n) is 2.80. The Morgan fingerprint density at radius 3 is 2.22 bits per heavy atom. The maximum absolute atomic E-state index is 12.6. The van der Waals surface area contributed by atoms with E-state index in [1.807, 2.05) is 0 Å². The second kappa shape index (κ2) is 6.29. The minimum Gasteiger partial charge on any atom is -0.369 e. The number of hydrogen-bond donors (Lipinski definition) is 2. The lowest BCUT2D eigenvalue weighted by molar-refractivity contribution is -0.123. The zero-order valence-corrected chi connectivity index (χ0v) is 14.0. The molecule has 0 aromatic heterocycles. The summed E-state index contributed by atoms with van der Waals surface area (Å²) in [5, 5.41) is 5.22. The summed E-state index contributed by atoms with van der Waals surface area (Å²) in [6.45, 7) is 4.23. The molecule has 0 aliphatic carbocycles. The Morgan fingerprint density at radius 1 is 1.17 bits per heavy atom. The third-order valence-corrected chi connectivity index (χ3v) is 5.39. The van der Waals surface area contributed by atoms with Gasteiger partial charge >= 0.3 is 0 Å². The molecule has 0 saturated carbocycles. The number of primary amides is 1. The number of nitrogens with zero attached hydrogens (tertiary/aromatic N) is 1. The highest BCUT2D eigenvalue weighted by Gasteiger charge is 2.27. The first-order valence-electron chi connectivity index (χ1n) is 7.34. The van der Waals surface area contributed by atoms with Crippen molar-refractivity contribution >= 4 is 21.8 Å². The fraction of sp³-hybridized carbons (Fsp3) is 0.467. The summed E-state index contributed by atoms with van der Waals surface area (Å²) in [5.74, 6) is -0.820. The topological polar surface area (TPSA) is 124 Å². The van der Waals surface area contributed by atoms with Crippen molar-refractivity contribution in [3.63, 3.8) is 0 Å². The average Bonchev–Trinajstić information content (AvgIpc) is 2.48. The number of amides is 2. The Bertz CT molecular complexity index is 750. The molecule has 8 heteroatoms. The van der Waals surface area contributed by atoms with E-state index in [0.717, 1.165) is 0 Å². The number of nitrogens with two attached hydrogens (primary N) is 2. The largest absolute Gasteiger partial charge is 0.369 e. The molecule has 0 bridgehead atoms. The van der Waals surface area contributed by atoms with Gasteiger partial charge in [-0.05, 0) is 49.9 Å². The summed E-state index contributed by atoms with van der Waals surface area (Å²) in [6.07, 6.45) is 1.04. The molecule has 1 aromatic carbocycles. The highest BCUT2D eigenvalue weighted by Crippen LogP contribution is 2.23. The molecule has 1 fully saturated rings. The summed E-state index contributed by atoms with van der Waals surface area (Å²) in [7, 11) is -3.89. The van der Waals surface area contributed by atoms with Crippen molar-refractivity contribution in [2.75, 3.05) is 13.1 Å². The van der Waals surface area contributed by atoms with E-state index in [9.17, 15) is 18.0 Å². The lowest BCUT2D eigenvalue weighted by Crippen LogP contribution is -2.41. The van der Waals surface area contributed by atoms with Gasteiger partial charge < -0.3 is 10.6 Å².